The quantitative estimate of drug-likeness (QED) is 0.312. The fourth-order valence-electron chi connectivity index (χ4n) is 2.37. The highest BCUT2D eigenvalue weighted by Gasteiger charge is 2.29. The molecule has 1 heterocycles. The van der Waals surface area contributed by atoms with Crippen LogP contribution in [0.25, 0.3) is 0 Å². The molecular formula is C17H22N4O6S3. The number of carbonyl (C=O) groups is 2. The molecule has 1 atom stereocenters. The summed E-state index contributed by atoms with van der Waals surface area (Å²) in [5.74, 6) is -0.323. The summed E-state index contributed by atoms with van der Waals surface area (Å²) in [6, 6.07) is 5.37. The molecule has 10 nitrogen and oxygen atoms in total. The number of amides is 1. The van der Waals surface area contributed by atoms with Gasteiger partial charge in [0.2, 0.25) is 21.1 Å². The Balaban J connectivity index is 2.12. The van der Waals surface area contributed by atoms with Crippen molar-refractivity contribution in [3.63, 3.8) is 0 Å². The highest BCUT2D eigenvalue weighted by atomic mass is 32.2. The molecule has 30 heavy (non-hydrogen) atoms. The van der Waals surface area contributed by atoms with Crippen molar-refractivity contribution >= 4 is 55.8 Å². The minimum absolute atomic E-state index is 0.0646. The van der Waals surface area contributed by atoms with Gasteiger partial charge >= 0.3 is 5.97 Å². The molecule has 164 valence electrons. The first-order valence-corrected chi connectivity index (χ1v) is 12.4. The van der Waals surface area contributed by atoms with Crippen molar-refractivity contribution < 1.29 is 27.5 Å². The Kier molecular flexibility index (Phi) is 8.43. The zero-order valence-electron chi connectivity index (χ0n) is 16.8. The van der Waals surface area contributed by atoms with E-state index >= 15 is 0 Å². The van der Waals surface area contributed by atoms with Gasteiger partial charge in [-0.3, -0.25) is 19.2 Å². The van der Waals surface area contributed by atoms with Crippen LogP contribution in [0.15, 0.2) is 28.6 Å². The first kappa shape index (κ1) is 23.9. The number of sulfonamides is 1. The van der Waals surface area contributed by atoms with E-state index in [2.05, 4.69) is 20.3 Å². The molecule has 1 amide bonds. The number of ether oxygens (including phenoxy) is 2. The van der Waals surface area contributed by atoms with Crippen LogP contribution in [0, 0.1) is 0 Å². The minimum Gasteiger partial charge on any atom is -0.494 e. The lowest BCUT2D eigenvalue weighted by Gasteiger charge is -2.28. The molecule has 0 saturated heterocycles. The lowest BCUT2D eigenvalue weighted by Crippen LogP contribution is -2.45. The molecule has 0 saturated carbocycles. The SMILES string of the molecule is CCOc1ccc(N(C(C)C(=O)Nc2nnc(SCC(=O)OC)s2)S(C)(=O)=O)cc1. The Morgan fingerprint density at radius 3 is 2.50 bits per heavy atom. The number of anilines is 2. The van der Waals surface area contributed by atoms with Crippen LogP contribution in [0.2, 0.25) is 0 Å². The van der Waals surface area contributed by atoms with E-state index in [0.717, 1.165) is 33.7 Å². The number of methoxy groups -OCH3 is 1. The Morgan fingerprint density at radius 2 is 1.93 bits per heavy atom. The van der Waals surface area contributed by atoms with Gasteiger partial charge in [0.1, 0.15) is 11.8 Å². The maximum Gasteiger partial charge on any atom is 0.316 e. The standard InChI is InChI=1S/C17H22N4O6S3/c1-5-27-13-8-6-12(7-9-13)21(30(4,24)25)11(2)15(23)18-16-19-20-17(29-16)28-10-14(22)26-3/h6-9,11H,5,10H2,1-4H3,(H,18,19,23). The lowest BCUT2D eigenvalue weighted by molar-refractivity contribution is -0.137. The molecule has 1 N–H and O–H groups in total. The molecule has 0 spiro atoms. The van der Waals surface area contributed by atoms with E-state index in [-0.39, 0.29) is 10.9 Å². The summed E-state index contributed by atoms with van der Waals surface area (Å²) < 4.78 is 36.1. The molecule has 2 rings (SSSR count). The van der Waals surface area contributed by atoms with Crippen LogP contribution in [0.1, 0.15) is 13.8 Å². The minimum atomic E-state index is -3.75. The number of esters is 1. The molecule has 1 aromatic heterocycles. The molecule has 0 aliphatic heterocycles. The molecule has 0 aliphatic carbocycles. The average molecular weight is 475 g/mol. The zero-order chi connectivity index (χ0) is 22.3. The van der Waals surface area contributed by atoms with Crippen molar-refractivity contribution in [2.45, 2.75) is 24.2 Å². The molecule has 1 unspecified atom stereocenters. The lowest BCUT2D eigenvalue weighted by atomic mass is 10.2. The second-order valence-corrected chi connectivity index (χ2v) is 9.95. The largest absolute Gasteiger partial charge is 0.494 e. The van der Waals surface area contributed by atoms with Gasteiger partial charge in [-0.15, -0.1) is 10.2 Å². The number of nitrogens with one attached hydrogen (secondary N) is 1. The molecule has 0 aliphatic rings. The topological polar surface area (TPSA) is 128 Å². The third-order valence-corrected chi connectivity index (χ3v) is 6.86. The van der Waals surface area contributed by atoms with Gasteiger partial charge in [-0.1, -0.05) is 23.1 Å². The van der Waals surface area contributed by atoms with E-state index in [9.17, 15) is 18.0 Å². The summed E-state index contributed by atoms with van der Waals surface area (Å²) in [6.07, 6.45) is 1.03. The van der Waals surface area contributed by atoms with Crippen molar-refractivity contribution in [2.75, 3.05) is 35.3 Å². The van der Waals surface area contributed by atoms with Crippen LogP contribution in [0.3, 0.4) is 0 Å². The molecule has 1 aromatic carbocycles. The Bertz CT molecular complexity index is 978. The van der Waals surface area contributed by atoms with Gasteiger partial charge in [-0.25, -0.2) is 8.42 Å². The molecular weight excluding hydrogens is 452 g/mol. The van der Waals surface area contributed by atoms with Gasteiger partial charge in [-0.2, -0.15) is 0 Å². The fraction of sp³-hybridized carbons (Fsp3) is 0.412. The summed E-state index contributed by atoms with van der Waals surface area (Å²) in [6.45, 7) is 3.80. The van der Waals surface area contributed by atoms with E-state index in [1.807, 2.05) is 6.92 Å². The summed E-state index contributed by atoms with van der Waals surface area (Å²) in [5.41, 5.74) is 0.329. The number of nitrogens with zero attached hydrogens (tertiary/aromatic N) is 3. The van der Waals surface area contributed by atoms with Gasteiger partial charge in [0, 0.05) is 0 Å². The van der Waals surface area contributed by atoms with E-state index in [1.54, 1.807) is 24.3 Å². The molecule has 0 fully saturated rings. The van der Waals surface area contributed by atoms with Crippen LogP contribution in [-0.2, 0) is 24.3 Å². The Hall–Kier alpha value is -2.38. The van der Waals surface area contributed by atoms with Crippen molar-refractivity contribution in [2.24, 2.45) is 0 Å². The number of aromatic nitrogens is 2. The van der Waals surface area contributed by atoms with E-state index in [1.165, 1.54) is 14.0 Å². The van der Waals surface area contributed by atoms with E-state index in [0.29, 0.717) is 22.4 Å². The van der Waals surface area contributed by atoms with E-state index in [4.69, 9.17) is 4.74 Å². The molecule has 13 heteroatoms. The van der Waals surface area contributed by atoms with Crippen molar-refractivity contribution in [3.8, 4) is 5.75 Å². The van der Waals surface area contributed by atoms with E-state index < -0.39 is 27.9 Å². The molecule has 0 bridgehead atoms. The summed E-state index contributed by atoms with van der Waals surface area (Å²) in [7, 11) is -2.47. The van der Waals surface area contributed by atoms with Gasteiger partial charge in [0.05, 0.1) is 31.4 Å². The van der Waals surface area contributed by atoms with Crippen molar-refractivity contribution in [1.82, 2.24) is 10.2 Å². The monoisotopic (exact) mass is 474 g/mol. The third-order valence-electron chi connectivity index (χ3n) is 3.67. The van der Waals surface area contributed by atoms with Crippen molar-refractivity contribution in [3.05, 3.63) is 24.3 Å². The van der Waals surface area contributed by atoms with Gasteiger partial charge in [0.25, 0.3) is 0 Å². The predicted octanol–water partition coefficient (Wildman–Crippen LogP) is 2.00. The third kappa shape index (κ3) is 6.57. The smallest absolute Gasteiger partial charge is 0.316 e. The van der Waals surface area contributed by atoms with Gasteiger partial charge in [-0.05, 0) is 38.1 Å². The van der Waals surface area contributed by atoms with Crippen molar-refractivity contribution in [1.29, 1.82) is 0 Å². The molecule has 0 radical (unpaired) electrons. The van der Waals surface area contributed by atoms with Crippen LogP contribution in [-0.4, -0.2) is 62.3 Å². The highest BCUT2D eigenvalue weighted by Crippen LogP contribution is 2.27. The number of benzene rings is 1. The summed E-state index contributed by atoms with van der Waals surface area (Å²) in [4.78, 5) is 23.9. The van der Waals surface area contributed by atoms with Crippen LogP contribution in [0.4, 0.5) is 10.8 Å². The maximum atomic E-state index is 12.7. The number of thioether (sulfide) groups is 1. The predicted molar refractivity (Wildman–Crippen MR) is 116 cm³/mol. The first-order chi connectivity index (χ1) is 14.2. The normalized spacial score (nSPS) is 12.1. The average Bonchev–Trinajstić information content (AvgIpc) is 3.14. The molecule has 2 aromatic rings. The summed E-state index contributed by atoms with van der Waals surface area (Å²) >= 11 is 2.19. The number of hydrogen-bond donors (Lipinski definition) is 1. The Labute approximate surface area is 183 Å². The second-order valence-electron chi connectivity index (χ2n) is 5.89. The fourth-order valence-corrected chi connectivity index (χ4v) is 5.13. The van der Waals surface area contributed by atoms with Gasteiger partial charge in [0.15, 0.2) is 4.34 Å². The maximum absolute atomic E-state index is 12.7. The van der Waals surface area contributed by atoms with Crippen LogP contribution >= 0.6 is 23.1 Å². The number of hydrogen-bond acceptors (Lipinski definition) is 10. The zero-order valence-corrected chi connectivity index (χ0v) is 19.3. The Morgan fingerprint density at radius 1 is 1.27 bits per heavy atom. The summed E-state index contributed by atoms with van der Waals surface area (Å²) in [5, 5.41) is 10.5. The van der Waals surface area contributed by atoms with Crippen LogP contribution < -0.4 is 14.4 Å². The number of carbonyl (C=O) groups excluding carboxylic acids is 2. The highest BCUT2D eigenvalue weighted by molar-refractivity contribution is 8.01. The van der Waals surface area contributed by atoms with Gasteiger partial charge < -0.3 is 9.47 Å². The first-order valence-electron chi connectivity index (χ1n) is 8.72. The van der Waals surface area contributed by atoms with Crippen LogP contribution in [0.5, 0.6) is 5.75 Å². The second kappa shape index (κ2) is 10.6. The number of rotatable bonds is 10.